The molecule has 1 aromatic carbocycles. The summed E-state index contributed by atoms with van der Waals surface area (Å²) in [6.45, 7) is 1.79. The van der Waals surface area contributed by atoms with Crippen LogP contribution in [0.2, 0.25) is 0 Å². The highest BCUT2D eigenvalue weighted by Gasteiger charge is 2.12. The van der Waals surface area contributed by atoms with Gasteiger partial charge in [0, 0.05) is 0 Å². The Balaban J connectivity index is 2.14. The number of nitrogens with one attached hydrogen (secondary N) is 2. The summed E-state index contributed by atoms with van der Waals surface area (Å²) in [5, 5.41) is 3.06. The van der Waals surface area contributed by atoms with Crippen molar-refractivity contribution in [1.29, 1.82) is 0 Å². The zero-order valence-corrected chi connectivity index (χ0v) is 14.3. The monoisotopic (exact) mass is 349 g/mol. The zero-order valence-electron chi connectivity index (χ0n) is 13.4. The standard InChI is InChI=1S/C16H19N3O4S/c1-3-10-24(21,22)19-15-9-8-12(11-17-15)18-14-7-5-4-6-13(14)16(20)23-2/h4-9,11,18H,3,10H2,1-2H3,(H,17,19). The molecule has 2 N–H and O–H groups in total. The molecule has 7 nitrogen and oxygen atoms in total. The molecule has 1 aromatic heterocycles. The number of hydrogen-bond donors (Lipinski definition) is 2. The molecule has 0 unspecified atom stereocenters. The minimum Gasteiger partial charge on any atom is -0.465 e. The summed E-state index contributed by atoms with van der Waals surface area (Å²) >= 11 is 0. The average Bonchev–Trinajstić information content (AvgIpc) is 2.56. The topological polar surface area (TPSA) is 97.4 Å². The number of para-hydroxylation sites is 1. The number of carbonyl (C=O) groups excluding carboxylic acids is 1. The number of anilines is 3. The summed E-state index contributed by atoms with van der Waals surface area (Å²) in [7, 11) is -2.05. The number of methoxy groups -OCH3 is 1. The molecule has 128 valence electrons. The lowest BCUT2D eigenvalue weighted by Crippen LogP contribution is -2.16. The van der Waals surface area contributed by atoms with Crippen LogP contribution in [-0.4, -0.2) is 32.2 Å². The van der Waals surface area contributed by atoms with Gasteiger partial charge in [0.1, 0.15) is 5.82 Å². The molecule has 0 aliphatic carbocycles. The van der Waals surface area contributed by atoms with Crippen LogP contribution < -0.4 is 10.0 Å². The summed E-state index contributed by atoms with van der Waals surface area (Å²) in [6, 6.07) is 10.1. The van der Waals surface area contributed by atoms with E-state index in [2.05, 4.69) is 15.0 Å². The zero-order chi connectivity index (χ0) is 17.6. The fourth-order valence-corrected chi connectivity index (χ4v) is 3.12. The first kappa shape index (κ1) is 17.7. The van der Waals surface area contributed by atoms with Crippen LogP contribution in [0.1, 0.15) is 23.7 Å². The van der Waals surface area contributed by atoms with E-state index in [1.54, 1.807) is 43.3 Å². The first-order valence-electron chi connectivity index (χ1n) is 7.36. The van der Waals surface area contributed by atoms with Crippen molar-refractivity contribution in [3.63, 3.8) is 0 Å². The highest BCUT2D eigenvalue weighted by molar-refractivity contribution is 7.92. The summed E-state index contributed by atoms with van der Waals surface area (Å²) in [5.41, 5.74) is 1.59. The minimum atomic E-state index is -3.37. The predicted molar refractivity (Wildman–Crippen MR) is 93.0 cm³/mol. The Morgan fingerprint density at radius 1 is 1.21 bits per heavy atom. The second-order valence-electron chi connectivity index (χ2n) is 5.02. The number of ether oxygens (including phenoxy) is 1. The summed E-state index contributed by atoms with van der Waals surface area (Å²) < 4.78 is 30.6. The first-order chi connectivity index (χ1) is 11.4. The lowest BCUT2D eigenvalue weighted by molar-refractivity contribution is 0.0602. The number of carbonyl (C=O) groups is 1. The van der Waals surface area contributed by atoms with Gasteiger partial charge in [-0.15, -0.1) is 0 Å². The minimum absolute atomic E-state index is 0.0428. The number of esters is 1. The SMILES string of the molecule is CCCS(=O)(=O)Nc1ccc(Nc2ccccc2C(=O)OC)cn1. The molecule has 0 aliphatic rings. The number of benzene rings is 1. The third kappa shape index (κ3) is 4.69. The number of pyridine rings is 1. The van der Waals surface area contributed by atoms with E-state index in [0.29, 0.717) is 23.4 Å². The molecule has 2 rings (SSSR count). The normalized spacial score (nSPS) is 10.9. The maximum absolute atomic E-state index is 11.7. The van der Waals surface area contributed by atoms with Gasteiger partial charge in [-0.1, -0.05) is 19.1 Å². The number of nitrogens with zero attached hydrogens (tertiary/aromatic N) is 1. The maximum atomic E-state index is 11.7. The van der Waals surface area contributed by atoms with E-state index in [1.165, 1.54) is 13.3 Å². The van der Waals surface area contributed by atoms with E-state index < -0.39 is 16.0 Å². The molecular formula is C16H19N3O4S. The predicted octanol–water partition coefficient (Wildman–Crippen LogP) is 2.76. The summed E-state index contributed by atoms with van der Waals surface area (Å²) in [5.74, 6) is -0.161. The van der Waals surface area contributed by atoms with Gasteiger partial charge in [-0.05, 0) is 30.7 Å². The van der Waals surface area contributed by atoms with E-state index in [9.17, 15) is 13.2 Å². The Labute approximate surface area is 141 Å². The fraction of sp³-hybridized carbons (Fsp3) is 0.250. The highest BCUT2D eigenvalue weighted by Crippen LogP contribution is 2.22. The molecule has 8 heteroatoms. The molecule has 0 aliphatic heterocycles. The van der Waals surface area contributed by atoms with Crippen molar-refractivity contribution < 1.29 is 17.9 Å². The van der Waals surface area contributed by atoms with Gasteiger partial charge in [0.25, 0.3) is 0 Å². The molecule has 0 saturated carbocycles. The van der Waals surface area contributed by atoms with Gasteiger partial charge in [-0.3, -0.25) is 4.72 Å². The maximum Gasteiger partial charge on any atom is 0.339 e. The lowest BCUT2D eigenvalue weighted by Gasteiger charge is -2.11. The van der Waals surface area contributed by atoms with Crippen LogP contribution in [0.25, 0.3) is 0 Å². The van der Waals surface area contributed by atoms with Crippen LogP contribution >= 0.6 is 0 Å². The van der Waals surface area contributed by atoms with Gasteiger partial charge in [-0.2, -0.15) is 0 Å². The number of aromatic nitrogens is 1. The van der Waals surface area contributed by atoms with Crippen molar-refractivity contribution >= 4 is 33.2 Å². The van der Waals surface area contributed by atoms with Gasteiger partial charge in [0.05, 0.1) is 36.0 Å². The van der Waals surface area contributed by atoms with Crippen LogP contribution in [0.4, 0.5) is 17.2 Å². The quantitative estimate of drug-likeness (QED) is 0.746. The van der Waals surface area contributed by atoms with Crippen molar-refractivity contribution in [2.24, 2.45) is 0 Å². The fourth-order valence-electron chi connectivity index (χ4n) is 2.04. The van der Waals surface area contributed by atoms with Crippen LogP contribution in [0.5, 0.6) is 0 Å². The van der Waals surface area contributed by atoms with Crippen LogP contribution in [0, 0.1) is 0 Å². The smallest absolute Gasteiger partial charge is 0.339 e. The molecule has 0 atom stereocenters. The molecule has 0 fully saturated rings. The van der Waals surface area contributed by atoms with Crippen molar-refractivity contribution in [3.8, 4) is 0 Å². The Morgan fingerprint density at radius 2 is 1.96 bits per heavy atom. The van der Waals surface area contributed by atoms with Crippen molar-refractivity contribution in [1.82, 2.24) is 4.98 Å². The van der Waals surface area contributed by atoms with Gasteiger partial charge in [0.2, 0.25) is 10.0 Å². The van der Waals surface area contributed by atoms with Crippen molar-refractivity contribution in [2.75, 3.05) is 22.9 Å². The molecule has 0 saturated heterocycles. The molecule has 1 heterocycles. The van der Waals surface area contributed by atoms with Crippen molar-refractivity contribution in [3.05, 3.63) is 48.2 Å². The molecule has 0 radical (unpaired) electrons. The van der Waals surface area contributed by atoms with E-state index in [4.69, 9.17) is 4.74 Å². The number of hydrogen-bond acceptors (Lipinski definition) is 6. The van der Waals surface area contributed by atoms with Crippen LogP contribution in [-0.2, 0) is 14.8 Å². The Morgan fingerprint density at radius 3 is 2.58 bits per heavy atom. The molecule has 24 heavy (non-hydrogen) atoms. The molecule has 0 bridgehead atoms. The summed E-state index contributed by atoms with van der Waals surface area (Å²) in [6.07, 6.45) is 2.01. The molecule has 0 amide bonds. The summed E-state index contributed by atoms with van der Waals surface area (Å²) in [4.78, 5) is 15.8. The molecule has 0 spiro atoms. The van der Waals surface area contributed by atoms with Gasteiger partial charge in [-0.25, -0.2) is 18.2 Å². The molecule has 2 aromatic rings. The van der Waals surface area contributed by atoms with Gasteiger partial charge in [0.15, 0.2) is 0 Å². The Hall–Kier alpha value is -2.61. The Bertz CT molecular complexity index is 804. The van der Waals surface area contributed by atoms with Crippen LogP contribution in [0.3, 0.4) is 0 Å². The lowest BCUT2D eigenvalue weighted by atomic mass is 10.1. The Kier molecular flexibility index (Phi) is 5.75. The van der Waals surface area contributed by atoms with Gasteiger partial charge < -0.3 is 10.1 Å². The van der Waals surface area contributed by atoms with E-state index in [1.807, 2.05) is 0 Å². The second kappa shape index (κ2) is 7.78. The van der Waals surface area contributed by atoms with E-state index in [-0.39, 0.29) is 11.6 Å². The van der Waals surface area contributed by atoms with Crippen LogP contribution in [0.15, 0.2) is 42.6 Å². The largest absolute Gasteiger partial charge is 0.465 e. The third-order valence-corrected chi connectivity index (χ3v) is 4.57. The number of sulfonamides is 1. The molecular weight excluding hydrogens is 330 g/mol. The average molecular weight is 349 g/mol. The first-order valence-corrected chi connectivity index (χ1v) is 9.01. The van der Waals surface area contributed by atoms with Gasteiger partial charge >= 0.3 is 5.97 Å². The van der Waals surface area contributed by atoms with Crippen molar-refractivity contribution in [2.45, 2.75) is 13.3 Å². The second-order valence-corrected chi connectivity index (χ2v) is 6.86. The van der Waals surface area contributed by atoms with E-state index >= 15 is 0 Å². The van der Waals surface area contributed by atoms with E-state index in [0.717, 1.165) is 0 Å². The highest BCUT2D eigenvalue weighted by atomic mass is 32.2. The number of rotatable bonds is 7. The third-order valence-electron chi connectivity index (χ3n) is 3.11.